The number of ether oxygens (including phenoxy) is 2. The summed E-state index contributed by atoms with van der Waals surface area (Å²) in [4.78, 5) is 14.4. The average molecular weight is 355 g/mol. The predicted molar refractivity (Wildman–Crippen MR) is 106 cm³/mol. The van der Waals surface area contributed by atoms with Gasteiger partial charge in [-0.2, -0.15) is 0 Å². The molecular weight excluding hydrogens is 326 g/mol. The van der Waals surface area contributed by atoms with Crippen molar-refractivity contribution in [2.45, 2.75) is 52.7 Å². The topological polar surface area (TPSA) is 38.8 Å². The number of unbranched alkanes of at least 4 members (excludes halogenated alkanes) is 1. The molecule has 2 rings (SSSR count). The van der Waals surface area contributed by atoms with Crippen LogP contribution in [0.1, 0.15) is 52.0 Å². The molecule has 0 amide bonds. The smallest absolute Gasteiger partial charge is 0.410 e. The summed E-state index contributed by atoms with van der Waals surface area (Å²) < 4.78 is 11.0. The van der Waals surface area contributed by atoms with Crippen LogP contribution in [0.3, 0.4) is 0 Å². The number of anilines is 1. The normalized spacial score (nSPS) is 11.9. The van der Waals surface area contributed by atoms with Crippen LogP contribution in [0.2, 0.25) is 0 Å². The van der Waals surface area contributed by atoms with E-state index in [0.29, 0.717) is 5.75 Å². The van der Waals surface area contributed by atoms with E-state index in [2.05, 4.69) is 25.7 Å². The molecule has 0 aromatic heterocycles. The van der Waals surface area contributed by atoms with E-state index in [1.807, 2.05) is 55.5 Å². The van der Waals surface area contributed by atoms with E-state index in [-0.39, 0.29) is 5.92 Å². The highest BCUT2D eigenvalue weighted by atomic mass is 16.7. The lowest BCUT2D eigenvalue weighted by Gasteiger charge is -2.30. The number of carbonyl (C=O) groups excluding carboxylic acids is 1. The van der Waals surface area contributed by atoms with Gasteiger partial charge in [0.1, 0.15) is 5.75 Å². The van der Waals surface area contributed by atoms with Gasteiger partial charge in [-0.05, 0) is 43.0 Å². The minimum absolute atomic E-state index is 0.266. The van der Waals surface area contributed by atoms with Crippen molar-refractivity contribution in [2.24, 2.45) is 0 Å². The Bertz CT molecular complexity index is 685. The summed E-state index contributed by atoms with van der Waals surface area (Å²) in [7, 11) is 0. The van der Waals surface area contributed by atoms with Gasteiger partial charge in [0.05, 0.1) is 0 Å². The third-order valence-corrected chi connectivity index (χ3v) is 4.28. The monoisotopic (exact) mass is 355 g/mol. The van der Waals surface area contributed by atoms with Crippen molar-refractivity contribution in [1.82, 2.24) is 0 Å². The zero-order valence-corrected chi connectivity index (χ0v) is 16.1. The molecule has 2 aromatic rings. The fraction of sp³-hybridized carbons (Fsp3) is 0.409. The summed E-state index contributed by atoms with van der Waals surface area (Å²) in [5.41, 5.74) is 2.02. The van der Waals surface area contributed by atoms with Crippen LogP contribution >= 0.6 is 0 Å². The lowest BCUT2D eigenvalue weighted by atomic mass is 10.0. The molecule has 0 radical (unpaired) electrons. The maximum atomic E-state index is 12.3. The van der Waals surface area contributed by atoms with Gasteiger partial charge < -0.3 is 14.4 Å². The maximum absolute atomic E-state index is 12.3. The second-order valence-electron chi connectivity index (χ2n) is 6.64. The molecule has 26 heavy (non-hydrogen) atoms. The first-order valence-electron chi connectivity index (χ1n) is 9.32. The molecule has 0 saturated carbocycles. The van der Waals surface area contributed by atoms with Gasteiger partial charge in [0.2, 0.25) is 0 Å². The Morgan fingerprint density at radius 3 is 2.31 bits per heavy atom. The number of para-hydroxylation sites is 2. The molecule has 4 nitrogen and oxygen atoms in total. The Hall–Kier alpha value is -2.49. The van der Waals surface area contributed by atoms with E-state index in [1.165, 1.54) is 0 Å². The highest BCUT2D eigenvalue weighted by molar-refractivity contribution is 5.65. The van der Waals surface area contributed by atoms with Crippen LogP contribution in [0.25, 0.3) is 0 Å². The van der Waals surface area contributed by atoms with Crippen LogP contribution in [0.4, 0.5) is 10.5 Å². The van der Waals surface area contributed by atoms with Crippen LogP contribution in [0, 0.1) is 0 Å². The number of benzene rings is 2. The van der Waals surface area contributed by atoms with Gasteiger partial charge in [-0.15, -0.1) is 0 Å². The first kappa shape index (κ1) is 19.8. The van der Waals surface area contributed by atoms with E-state index in [1.54, 1.807) is 6.07 Å². The summed E-state index contributed by atoms with van der Waals surface area (Å²) >= 11 is 0. The highest BCUT2D eigenvalue weighted by Crippen LogP contribution is 2.26. The van der Waals surface area contributed by atoms with Gasteiger partial charge in [0, 0.05) is 12.2 Å². The zero-order chi connectivity index (χ0) is 18.9. The lowest BCUT2D eigenvalue weighted by molar-refractivity contribution is 0.0637. The van der Waals surface area contributed by atoms with Crippen LogP contribution in [0.5, 0.6) is 5.75 Å². The molecule has 0 N–H and O–H groups in total. The van der Waals surface area contributed by atoms with Crippen molar-refractivity contribution in [1.29, 1.82) is 0 Å². The maximum Gasteiger partial charge on any atom is 0.515 e. The molecule has 0 aliphatic rings. The van der Waals surface area contributed by atoms with Crippen LogP contribution in [-0.2, 0) is 4.74 Å². The molecule has 0 spiro atoms. The van der Waals surface area contributed by atoms with E-state index in [9.17, 15) is 4.79 Å². The SMILES string of the molecule is CCCCN(c1ccccc1)C(C)OC(=O)Oc1ccccc1C(C)C. The van der Waals surface area contributed by atoms with Gasteiger partial charge in [-0.25, -0.2) is 4.79 Å². The van der Waals surface area contributed by atoms with Gasteiger partial charge in [0.25, 0.3) is 0 Å². The molecule has 1 atom stereocenters. The Balaban J connectivity index is 2.06. The molecule has 140 valence electrons. The second-order valence-corrected chi connectivity index (χ2v) is 6.64. The summed E-state index contributed by atoms with van der Waals surface area (Å²) in [5.74, 6) is 0.821. The third-order valence-electron chi connectivity index (χ3n) is 4.28. The largest absolute Gasteiger partial charge is 0.515 e. The molecule has 2 aromatic carbocycles. The number of rotatable bonds is 8. The van der Waals surface area contributed by atoms with Crippen molar-refractivity contribution in [3.63, 3.8) is 0 Å². The minimum atomic E-state index is -0.678. The molecule has 0 fully saturated rings. The summed E-state index contributed by atoms with van der Waals surface area (Å²) in [5, 5.41) is 0. The van der Waals surface area contributed by atoms with E-state index in [4.69, 9.17) is 9.47 Å². The van der Waals surface area contributed by atoms with Gasteiger partial charge in [-0.3, -0.25) is 0 Å². The van der Waals surface area contributed by atoms with E-state index in [0.717, 1.165) is 30.6 Å². The molecule has 0 bridgehead atoms. The van der Waals surface area contributed by atoms with Gasteiger partial charge >= 0.3 is 6.16 Å². The van der Waals surface area contributed by atoms with Crippen molar-refractivity contribution in [3.05, 3.63) is 60.2 Å². The number of nitrogens with zero attached hydrogens (tertiary/aromatic N) is 1. The fourth-order valence-electron chi connectivity index (χ4n) is 2.84. The molecule has 0 heterocycles. The predicted octanol–water partition coefficient (Wildman–Crippen LogP) is 5.98. The molecule has 4 heteroatoms. The lowest BCUT2D eigenvalue weighted by Crippen LogP contribution is -2.38. The fourth-order valence-corrected chi connectivity index (χ4v) is 2.84. The summed E-state index contributed by atoms with van der Waals surface area (Å²) in [6.45, 7) is 8.97. The molecule has 0 aliphatic carbocycles. The van der Waals surface area contributed by atoms with Gasteiger partial charge in [0.15, 0.2) is 6.23 Å². The molecule has 0 saturated heterocycles. The van der Waals surface area contributed by atoms with Crippen molar-refractivity contribution < 1.29 is 14.3 Å². The van der Waals surface area contributed by atoms with Crippen LogP contribution in [-0.4, -0.2) is 18.9 Å². The van der Waals surface area contributed by atoms with Gasteiger partial charge in [-0.1, -0.05) is 63.6 Å². The summed E-state index contributed by atoms with van der Waals surface area (Å²) in [6, 6.07) is 17.6. The highest BCUT2D eigenvalue weighted by Gasteiger charge is 2.20. The first-order chi connectivity index (χ1) is 12.5. The number of carbonyl (C=O) groups is 1. The Morgan fingerprint density at radius 2 is 1.65 bits per heavy atom. The van der Waals surface area contributed by atoms with Crippen molar-refractivity contribution >= 4 is 11.8 Å². The molecular formula is C22H29NO3. The number of hydrogen-bond acceptors (Lipinski definition) is 4. The van der Waals surface area contributed by atoms with E-state index >= 15 is 0 Å². The van der Waals surface area contributed by atoms with E-state index < -0.39 is 12.4 Å². The number of hydrogen-bond donors (Lipinski definition) is 0. The Kier molecular flexibility index (Phi) is 7.52. The van der Waals surface area contributed by atoms with Crippen LogP contribution in [0.15, 0.2) is 54.6 Å². The molecule has 0 aliphatic heterocycles. The van der Waals surface area contributed by atoms with Crippen molar-refractivity contribution in [2.75, 3.05) is 11.4 Å². The Labute approximate surface area is 156 Å². The first-order valence-corrected chi connectivity index (χ1v) is 9.32. The summed E-state index contributed by atoms with van der Waals surface area (Å²) in [6.07, 6.45) is 1.00. The minimum Gasteiger partial charge on any atom is -0.410 e. The standard InChI is InChI=1S/C22H29NO3/c1-5-6-16-23(19-12-8-7-9-13-19)18(4)25-22(24)26-21-15-11-10-14-20(21)17(2)3/h7-15,17-18H,5-6,16H2,1-4H3. The zero-order valence-electron chi connectivity index (χ0n) is 16.1. The quantitative estimate of drug-likeness (QED) is 0.332. The third kappa shape index (κ3) is 5.51. The molecule has 1 unspecified atom stereocenters. The second kappa shape index (κ2) is 9.85. The van der Waals surface area contributed by atoms with Crippen LogP contribution < -0.4 is 9.64 Å². The average Bonchev–Trinajstić information content (AvgIpc) is 2.63. The van der Waals surface area contributed by atoms with Crippen molar-refractivity contribution in [3.8, 4) is 5.75 Å². The Morgan fingerprint density at radius 1 is 1.00 bits per heavy atom.